The molecule has 0 spiro atoms. The van der Waals surface area contributed by atoms with Crippen LogP contribution in [0.2, 0.25) is 0 Å². The molecule has 2 aromatic rings. The van der Waals surface area contributed by atoms with E-state index in [4.69, 9.17) is 18.9 Å². The third kappa shape index (κ3) is 10.3. The van der Waals surface area contributed by atoms with Crippen LogP contribution in [-0.4, -0.2) is 31.6 Å². The summed E-state index contributed by atoms with van der Waals surface area (Å²) in [5, 5.41) is 0. The summed E-state index contributed by atoms with van der Waals surface area (Å²) in [6.07, 6.45) is 1.15. The molecular weight excluding hydrogens is 404 g/mol. The summed E-state index contributed by atoms with van der Waals surface area (Å²) >= 11 is 0. The molecule has 0 amide bonds. The van der Waals surface area contributed by atoms with Gasteiger partial charge < -0.3 is 18.9 Å². The highest BCUT2D eigenvalue weighted by Crippen LogP contribution is 2.18. The molecule has 0 aliphatic carbocycles. The highest BCUT2D eigenvalue weighted by Gasteiger charge is 2.11. The lowest BCUT2D eigenvalue weighted by molar-refractivity contribution is 0.0479. The first-order valence-corrected chi connectivity index (χ1v) is 11.5. The van der Waals surface area contributed by atoms with Gasteiger partial charge >= 0.3 is 6.16 Å². The molecular formula is C27H38O5. The van der Waals surface area contributed by atoms with Crippen LogP contribution in [0.15, 0.2) is 48.5 Å². The highest BCUT2D eigenvalue weighted by atomic mass is 16.7. The van der Waals surface area contributed by atoms with Crippen LogP contribution >= 0.6 is 0 Å². The summed E-state index contributed by atoms with van der Waals surface area (Å²) in [7, 11) is 0. The van der Waals surface area contributed by atoms with Gasteiger partial charge in [0.15, 0.2) is 0 Å². The van der Waals surface area contributed by atoms with E-state index in [-0.39, 0.29) is 12.2 Å². The molecule has 0 aliphatic heterocycles. The molecule has 5 heteroatoms. The second-order valence-corrected chi connectivity index (χ2v) is 9.23. The van der Waals surface area contributed by atoms with Crippen LogP contribution in [0.25, 0.3) is 0 Å². The fraction of sp³-hybridized carbons (Fsp3) is 0.519. The highest BCUT2D eigenvalue weighted by molar-refractivity contribution is 5.67. The van der Waals surface area contributed by atoms with Crippen LogP contribution in [0.5, 0.6) is 11.5 Å². The topological polar surface area (TPSA) is 54.0 Å². The maximum atomic E-state index is 12.1. The van der Waals surface area contributed by atoms with Crippen molar-refractivity contribution in [3.63, 3.8) is 0 Å². The van der Waals surface area contributed by atoms with Crippen molar-refractivity contribution in [1.82, 2.24) is 0 Å². The summed E-state index contributed by atoms with van der Waals surface area (Å²) in [4.78, 5) is 12.1. The van der Waals surface area contributed by atoms with E-state index in [0.29, 0.717) is 23.3 Å². The zero-order chi connectivity index (χ0) is 23.5. The smallest absolute Gasteiger partial charge is 0.395 e. The number of benzene rings is 2. The average Bonchev–Trinajstić information content (AvgIpc) is 2.73. The Morgan fingerprint density at radius 3 is 1.28 bits per heavy atom. The van der Waals surface area contributed by atoms with E-state index in [2.05, 4.69) is 41.5 Å². The van der Waals surface area contributed by atoms with E-state index >= 15 is 0 Å². The predicted molar refractivity (Wildman–Crippen MR) is 127 cm³/mol. The standard InChI is InChI=1S/C27H38O5/c1-19(2)17-29-21(5)15-23-7-11-25(12-8-23)31-27(28)32-26-13-9-24(10-14-26)16-22(6)30-18-20(3)4/h7-14,19-22H,15-18H2,1-6H3. The molecule has 2 aromatic carbocycles. The average molecular weight is 443 g/mol. The molecule has 0 aliphatic rings. The molecule has 176 valence electrons. The predicted octanol–water partition coefficient (Wildman–Crippen LogP) is 6.47. The van der Waals surface area contributed by atoms with Crippen molar-refractivity contribution in [3.8, 4) is 11.5 Å². The molecule has 2 rings (SSSR count). The van der Waals surface area contributed by atoms with E-state index in [1.54, 1.807) is 24.3 Å². The van der Waals surface area contributed by atoms with Gasteiger partial charge in [-0.05, 0) is 73.9 Å². The van der Waals surface area contributed by atoms with Crippen molar-refractivity contribution >= 4 is 6.16 Å². The minimum Gasteiger partial charge on any atom is -0.395 e. The second kappa shape index (κ2) is 13.2. The Hall–Kier alpha value is -2.37. The number of carbonyl (C=O) groups excluding carboxylic acids is 1. The Kier molecular flexibility index (Phi) is 10.7. The van der Waals surface area contributed by atoms with E-state index < -0.39 is 6.16 Å². The van der Waals surface area contributed by atoms with Gasteiger partial charge in [-0.15, -0.1) is 0 Å². The lowest BCUT2D eigenvalue weighted by atomic mass is 10.1. The van der Waals surface area contributed by atoms with Gasteiger partial charge in [0, 0.05) is 13.2 Å². The molecule has 0 saturated carbocycles. The summed E-state index contributed by atoms with van der Waals surface area (Å²) in [6.45, 7) is 14.2. The Morgan fingerprint density at radius 2 is 0.969 bits per heavy atom. The third-order valence-electron chi connectivity index (χ3n) is 4.72. The first kappa shape index (κ1) is 25.9. The normalized spacial score (nSPS) is 13.2. The van der Waals surface area contributed by atoms with Crippen LogP contribution in [0.3, 0.4) is 0 Å². The van der Waals surface area contributed by atoms with Crippen LogP contribution in [0.4, 0.5) is 4.79 Å². The zero-order valence-electron chi connectivity index (χ0n) is 20.3. The zero-order valence-corrected chi connectivity index (χ0v) is 20.3. The summed E-state index contributed by atoms with van der Waals surface area (Å²) in [5.41, 5.74) is 2.26. The molecule has 0 bridgehead atoms. The van der Waals surface area contributed by atoms with Gasteiger partial charge in [0.1, 0.15) is 11.5 Å². The summed E-state index contributed by atoms with van der Waals surface area (Å²) < 4.78 is 22.2. The van der Waals surface area contributed by atoms with Gasteiger partial charge in [0.25, 0.3) is 0 Å². The molecule has 0 N–H and O–H groups in total. The quantitative estimate of drug-likeness (QED) is 0.278. The second-order valence-electron chi connectivity index (χ2n) is 9.23. The molecule has 2 unspecified atom stereocenters. The van der Waals surface area contributed by atoms with Crippen molar-refractivity contribution in [3.05, 3.63) is 59.7 Å². The number of rotatable bonds is 12. The van der Waals surface area contributed by atoms with E-state index in [1.807, 2.05) is 24.3 Å². The third-order valence-corrected chi connectivity index (χ3v) is 4.72. The summed E-state index contributed by atoms with van der Waals surface area (Å²) in [6, 6.07) is 14.8. The van der Waals surface area contributed by atoms with Crippen LogP contribution < -0.4 is 9.47 Å². The van der Waals surface area contributed by atoms with Gasteiger partial charge in [-0.3, -0.25) is 0 Å². The van der Waals surface area contributed by atoms with E-state index in [9.17, 15) is 4.79 Å². The van der Waals surface area contributed by atoms with Crippen LogP contribution in [-0.2, 0) is 22.3 Å². The molecule has 5 nitrogen and oxygen atoms in total. The Morgan fingerprint density at radius 1 is 0.625 bits per heavy atom. The first-order chi connectivity index (χ1) is 15.2. The lowest BCUT2D eigenvalue weighted by Gasteiger charge is -2.15. The van der Waals surface area contributed by atoms with Gasteiger partial charge in [0.2, 0.25) is 0 Å². The molecule has 0 heterocycles. The largest absolute Gasteiger partial charge is 0.519 e. The van der Waals surface area contributed by atoms with Gasteiger partial charge in [-0.25, -0.2) is 4.79 Å². The molecule has 0 radical (unpaired) electrons. The minimum atomic E-state index is -0.757. The van der Waals surface area contributed by atoms with E-state index in [1.165, 1.54) is 0 Å². The Bertz CT molecular complexity index is 728. The molecule has 32 heavy (non-hydrogen) atoms. The molecule has 0 aromatic heterocycles. The fourth-order valence-corrected chi connectivity index (χ4v) is 3.10. The maximum absolute atomic E-state index is 12.1. The molecule has 0 saturated heterocycles. The number of hydrogen-bond acceptors (Lipinski definition) is 5. The van der Waals surface area contributed by atoms with Crippen molar-refractivity contribution in [2.45, 2.75) is 66.6 Å². The maximum Gasteiger partial charge on any atom is 0.519 e. The van der Waals surface area contributed by atoms with Crippen LogP contribution in [0.1, 0.15) is 52.7 Å². The van der Waals surface area contributed by atoms with Crippen molar-refractivity contribution < 1.29 is 23.7 Å². The van der Waals surface area contributed by atoms with Crippen LogP contribution in [0, 0.1) is 11.8 Å². The fourth-order valence-electron chi connectivity index (χ4n) is 3.10. The number of hydrogen-bond donors (Lipinski definition) is 0. The lowest BCUT2D eigenvalue weighted by Crippen LogP contribution is -2.16. The molecule has 2 atom stereocenters. The van der Waals surface area contributed by atoms with Gasteiger partial charge in [-0.1, -0.05) is 52.0 Å². The van der Waals surface area contributed by atoms with Gasteiger partial charge in [0.05, 0.1) is 12.2 Å². The molecule has 0 fully saturated rings. The number of ether oxygens (including phenoxy) is 4. The monoisotopic (exact) mass is 442 g/mol. The van der Waals surface area contributed by atoms with Crippen molar-refractivity contribution in [2.24, 2.45) is 11.8 Å². The Labute approximate surface area is 193 Å². The van der Waals surface area contributed by atoms with E-state index in [0.717, 1.165) is 37.2 Å². The van der Waals surface area contributed by atoms with Gasteiger partial charge in [-0.2, -0.15) is 0 Å². The van der Waals surface area contributed by atoms with Crippen molar-refractivity contribution in [1.29, 1.82) is 0 Å². The van der Waals surface area contributed by atoms with Crippen molar-refractivity contribution in [2.75, 3.05) is 13.2 Å². The Balaban J connectivity index is 1.78. The minimum absolute atomic E-state index is 0.141. The number of carbonyl (C=O) groups is 1. The SMILES string of the molecule is CC(C)COC(C)Cc1ccc(OC(=O)Oc2ccc(CC(C)OCC(C)C)cc2)cc1. The first-order valence-electron chi connectivity index (χ1n) is 11.5. The summed E-state index contributed by atoms with van der Waals surface area (Å²) in [5.74, 6) is 1.93.